The van der Waals surface area contributed by atoms with E-state index in [1.165, 1.54) is 0 Å². The highest BCUT2D eigenvalue weighted by Crippen LogP contribution is 2.03. The largest absolute Gasteiger partial charge is 0.480 e. The van der Waals surface area contributed by atoms with E-state index < -0.39 is 12.0 Å². The first-order valence-corrected chi connectivity index (χ1v) is 4.01. The van der Waals surface area contributed by atoms with E-state index in [4.69, 9.17) is 10.4 Å². The zero-order chi connectivity index (χ0) is 9.56. The molecular formula is C8H14N2O2. The van der Waals surface area contributed by atoms with Crippen LogP contribution < -0.4 is 0 Å². The third-order valence-corrected chi connectivity index (χ3v) is 1.79. The van der Waals surface area contributed by atoms with E-state index in [1.807, 2.05) is 13.0 Å². The van der Waals surface area contributed by atoms with Crippen molar-refractivity contribution in [1.29, 1.82) is 5.26 Å². The van der Waals surface area contributed by atoms with Gasteiger partial charge in [0.2, 0.25) is 0 Å². The molecule has 0 radical (unpaired) electrons. The van der Waals surface area contributed by atoms with E-state index in [-0.39, 0.29) is 6.54 Å². The fraction of sp³-hybridized carbons (Fsp3) is 0.750. The van der Waals surface area contributed by atoms with Gasteiger partial charge in [-0.3, -0.25) is 9.69 Å². The summed E-state index contributed by atoms with van der Waals surface area (Å²) in [6.45, 7) is 4.43. The van der Waals surface area contributed by atoms with Gasteiger partial charge in [-0.1, -0.05) is 13.8 Å². The van der Waals surface area contributed by atoms with Crippen LogP contribution in [-0.2, 0) is 4.79 Å². The summed E-state index contributed by atoms with van der Waals surface area (Å²) in [5, 5.41) is 17.2. The molecule has 1 N–H and O–H groups in total. The van der Waals surface area contributed by atoms with Gasteiger partial charge in [-0.25, -0.2) is 0 Å². The Bertz CT molecular complexity index is 186. The first kappa shape index (κ1) is 10.9. The Kier molecular flexibility index (Phi) is 5.06. The Balaban J connectivity index is 4.24. The van der Waals surface area contributed by atoms with E-state index in [2.05, 4.69) is 0 Å². The van der Waals surface area contributed by atoms with Crippen LogP contribution in [0.4, 0.5) is 0 Å². The number of hydrogen-bond donors (Lipinski definition) is 1. The molecule has 0 saturated carbocycles. The Morgan fingerprint density at radius 1 is 1.67 bits per heavy atom. The highest BCUT2D eigenvalue weighted by molar-refractivity contribution is 5.73. The maximum atomic E-state index is 10.7. The first-order valence-electron chi connectivity index (χ1n) is 4.01. The van der Waals surface area contributed by atoms with Crippen LogP contribution in [-0.4, -0.2) is 35.1 Å². The Labute approximate surface area is 72.4 Å². The van der Waals surface area contributed by atoms with Crippen molar-refractivity contribution in [2.24, 2.45) is 0 Å². The number of rotatable bonds is 5. The monoisotopic (exact) mass is 170 g/mol. The summed E-state index contributed by atoms with van der Waals surface area (Å²) in [5.74, 6) is -0.852. The molecule has 68 valence electrons. The van der Waals surface area contributed by atoms with Crippen molar-refractivity contribution in [3.63, 3.8) is 0 Å². The SMILES string of the molecule is CCC(C(=O)O)N(CC)CC#N. The fourth-order valence-electron chi connectivity index (χ4n) is 1.12. The molecule has 1 unspecified atom stereocenters. The number of likely N-dealkylation sites (N-methyl/N-ethyl adjacent to an activating group) is 1. The third kappa shape index (κ3) is 2.89. The van der Waals surface area contributed by atoms with Crippen molar-refractivity contribution in [3.05, 3.63) is 0 Å². The molecule has 1 atom stereocenters. The lowest BCUT2D eigenvalue weighted by atomic mass is 10.2. The zero-order valence-corrected chi connectivity index (χ0v) is 7.45. The van der Waals surface area contributed by atoms with Gasteiger partial charge in [-0.05, 0) is 13.0 Å². The van der Waals surface area contributed by atoms with E-state index in [0.717, 1.165) is 0 Å². The van der Waals surface area contributed by atoms with Gasteiger partial charge in [0.15, 0.2) is 0 Å². The molecule has 0 amide bonds. The van der Waals surface area contributed by atoms with Crippen molar-refractivity contribution in [3.8, 4) is 6.07 Å². The fourth-order valence-corrected chi connectivity index (χ4v) is 1.12. The van der Waals surface area contributed by atoms with Crippen molar-refractivity contribution >= 4 is 5.97 Å². The number of carboxylic acid groups (broad SMARTS) is 1. The molecule has 4 nitrogen and oxygen atoms in total. The van der Waals surface area contributed by atoms with Crippen LogP contribution in [0.15, 0.2) is 0 Å². The van der Waals surface area contributed by atoms with Crippen LogP contribution in [0.3, 0.4) is 0 Å². The molecule has 4 heteroatoms. The lowest BCUT2D eigenvalue weighted by Crippen LogP contribution is -2.40. The number of nitriles is 1. The second kappa shape index (κ2) is 5.56. The van der Waals surface area contributed by atoms with Gasteiger partial charge in [-0.2, -0.15) is 5.26 Å². The highest BCUT2D eigenvalue weighted by Gasteiger charge is 2.21. The number of aliphatic carboxylic acids is 1. The van der Waals surface area contributed by atoms with E-state index >= 15 is 0 Å². The maximum Gasteiger partial charge on any atom is 0.320 e. The second-order valence-electron chi connectivity index (χ2n) is 2.48. The average molecular weight is 170 g/mol. The standard InChI is InChI=1S/C8H14N2O2/c1-3-7(8(11)12)10(4-2)6-5-9/h7H,3-4,6H2,1-2H3,(H,11,12). The molecule has 0 aromatic rings. The number of carboxylic acids is 1. The molecule has 0 bridgehead atoms. The predicted molar refractivity (Wildman–Crippen MR) is 44.6 cm³/mol. The van der Waals surface area contributed by atoms with Gasteiger partial charge < -0.3 is 5.11 Å². The maximum absolute atomic E-state index is 10.7. The summed E-state index contributed by atoms with van der Waals surface area (Å²) in [6, 6.07) is 1.43. The summed E-state index contributed by atoms with van der Waals surface area (Å²) in [6.07, 6.45) is 0.533. The molecule has 0 spiro atoms. The molecule has 0 fully saturated rings. The normalized spacial score (nSPS) is 12.5. The zero-order valence-electron chi connectivity index (χ0n) is 7.45. The minimum Gasteiger partial charge on any atom is -0.480 e. The molecule has 0 saturated heterocycles. The Morgan fingerprint density at radius 2 is 2.25 bits per heavy atom. The Hall–Kier alpha value is -1.08. The van der Waals surface area contributed by atoms with E-state index in [1.54, 1.807) is 11.8 Å². The smallest absolute Gasteiger partial charge is 0.320 e. The van der Waals surface area contributed by atoms with Crippen molar-refractivity contribution in [2.45, 2.75) is 26.3 Å². The molecule has 0 aliphatic carbocycles. The van der Waals surface area contributed by atoms with Crippen LogP contribution in [0.25, 0.3) is 0 Å². The summed E-state index contributed by atoms with van der Waals surface area (Å²) in [5.41, 5.74) is 0. The average Bonchev–Trinajstić information content (AvgIpc) is 2.03. The molecular weight excluding hydrogens is 156 g/mol. The minimum atomic E-state index is -0.852. The highest BCUT2D eigenvalue weighted by atomic mass is 16.4. The molecule has 0 aliphatic rings. The molecule has 0 aliphatic heterocycles. The second-order valence-corrected chi connectivity index (χ2v) is 2.48. The lowest BCUT2D eigenvalue weighted by Gasteiger charge is -2.23. The van der Waals surface area contributed by atoms with E-state index in [9.17, 15) is 4.79 Å². The van der Waals surface area contributed by atoms with Gasteiger partial charge in [0.25, 0.3) is 0 Å². The lowest BCUT2D eigenvalue weighted by molar-refractivity contribution is -0.143. The van der Waals surface area contributed by atoms with Crippen molar-refractivity contribution < 1.29 is 9.90 Å². The molecule has 0 heterocycles. The van der Waals surface area contributed by atoms with Crippen molar-refractivity contribution in [1.82, 2.24) is 4.90 Å². The summed E-state index contributed by atoms with van der Waals surface area (Å²) in [7, 11) is 0. The summed E-state index contributed by atoms with van der Waals surface area (Å²) in [4.78, 5) is 12.3. The van der Waals surface area contributed by atoms with Gasteiger partial charge >= 0.3 is 5.97 Å². The van der Waals surface area contributed by atoms with Gasteiger partial charge in [0.05, 0.1) is 12.6 Å². The predicted octanol–water partition coefficient (Wildman–Crippen LogP) is 0.695. The molecule has 0 aromatic heterocycles. The molecule has 12 heavy (non-hydrogen) atoms. The van der Waals surface area contributed by atoms with Gasteiger partial charge in [0, 0.05) is 0 Å². The van der Waals surface area contributed by atoms with Crippen molar-refractivity contribution in [2.75, 3.05) is 13.1 Å². The molecule has 0 aromatic carbocycles. The van der Waals surface area contributed by atoms with Crippen LogP contribution in [0.5, 0.6) is 0 Å². The van der Waals surface area contributed by atoms with Crippen LogP contribution in [0, 0.1) is 11.3 Å². The number of nitrogens with zero attached hydrogens (tertiary/aromatic N) is 2. The topological polar surface area (TPSA) is 64.3 Å². The summed E-state index contributed by atoms with van der Waals surface area (Å²) < 4.78 is 0. The third-order valence-electron chi connectivity index (χ3n) is 1.79. The first-order chi connectivity index (χ1) is 5.67. The summed E-state index contributed by atoms with van der Waals surface area (Å²) >= 11 is 0. The van der Waals surface area contributed by atoms with Crippen LogP contribution >= 0.6 is 0 Å². The van der Waals surface area contributed by atoms with Gasteiger partial charge in [0.1, 0.15) is 6.04 Å². The van der Waals surface area contributed by atoms with Crippen LogP contribution in [0.2, 0.25) is 0 Å². The van der Waals surface area contributed by atoms with Gasteiger partial charge in [-0.15, -0.1) is 0 Å². The quantitative estimate of drug-likeness (QED) is 0.617. The number of carbonyl (C=O) groups is 1. The minimum absolute atomic E-state index is 0.182. The van der Waals surface area contributed by atoms with E-state index in [0.29, 0.717) is 13.0 Å². The molecule has 0 rings (SSSR count). The Morgan fingerprint density at radius 3 is 2.50 bits per heavy atom. The van der Waals surface area contributed by atoms with Crippen LogP contribution in [0.1, 0.15) is 20.3 Å². The number of hydrogen-bond acceptors (Lipinski definition) is 3.